The Kier molecular flexibility index (Phi) is 3.38. The van der Waals surface area contributed by atoms with Crippen LogP contribution >= 0.6 is 11.6 Å². The Labute approximate surface area is 139 Å². The first-order valence-electron chi connectivity index (χ1n) is 8.34. The molecule has 3 amide bonds. The monoisotopic (exact) mass is 340 g/mol. The number of amides is 3. The molecule has 1 aliphatic heterocycles. The van der Waals surface area contributed by atoms with E-state index in [1.54, 1.807) is 0 Å². The summed E-state index contributed by atoms with van der Waals surface area (Å²) in [4.78, 5) is 37.0. The van der Waals surface area contributed by atoms with E-state index in [1.807, 2.05) is 0 Å². The van der Waals surface area contributed by atoms with Crippen LogP contribution in [0.25, 0.3) is 0 Å². The molecule has 4 aliphatic carbocycles. The van der Waals surface area contributed by atoms with E-state index in [0.717, 1.165) is 37.0 Å². The molecule has 2 unspecified atom stereocenters. The van der Waals surface area contributed by atoms with E-state index in [1.165, 1.54) is 0 Å². The average molecular weight is 341 g/mol. The Morgan fingerprint density at radius 3 is 2.52 bits per heavy atom. The molecule has 5 fully saturated rings. The van der Waals surface area contributed by atoms with E-state index >= 15 is 0 Å². The highest BCUT2D eigenvalue weighted by Gasteiger charge is 2.60. The van der Waals surface area contributed by atoms with Gasteiger partial charge in [-0.05, 0) is 50.4 Å². The number of carbonyl (C=O) groups is 3. The molecular weight excluding hydrogens is 320 g/mol. The lowest BCUT2D eigenvalue weighted by molar-refractivity contribution is -0.172. The number of nitrogens with zero attached hydrogens (tertiary/aromatic N) is 1. The lowest BCUT2D eigenvalue weighted by Gasteiger charge is -2.58. The number of alkyl halides is 1. The summed E-state index contributed by atoms with van der Waals surface area (Å²) in [5.74, 6) is 0.242. The van der Waals surface area contributed by atoms with Crippen LogP contribution in [0.15, 0.2) is 0 Å². The van der Waals surface area contributed by atoms with Crippen molar-refractivity contribution in [2.45, 2.75) is 43.4 Å². The first kappa shape index (κ1) is 15.2. The van der Waals surface area contributed by atoms with Crippen molar-refractivity contribution in [2.75, 3.05) is 19.7 Å². The molecule has 0 spiro atoms. The van der Waals surface area contributed by atoms with Crippen LogP contribution in [0.4, 0.5) is 4.79 Å². The number of rotatable bonds is 3. The van der Waals surface area contributed by atoms with Crippen LogP contribution in [0.3, 0.4) is 0 Å². The van der Waals surface area contributed by atoms with E-state index < -0.39 is 17.4 Å². The van der Waals surface area contributed by atoms with Gasteiger partial charge in [-0.15, -0.1) is 11.6 Å². The van der Waals surface area contributed by atoms with Crippen LogP contribution in [0.1, 0.15) is 38.5 Å². The second-order valence-electron chi connectivity index (χ2n) is 7.75. The second-order valence-corrected chi connectivity index (χ2v) is 8.55. The van der Waals surface area contributed by atoms with Crippen LogP contribution in [0.2, 0.25) is 0 Å². The maximum absolute atomic E-state index is 12.7. The highest BCUT2D eigenvalue weighted by Crippen LogP contribution is 2.64. The van der Waals surface area contributed by atoms with Gasteiger partial charge in [0.2, 0.25) is 0 Å². The van der Waals surface area contributed by atoms with Crippen LogP contribution < -0.4 is 5.32 Å². The predicted octanol–water partition coefficient (Wildman–Crippen LogP) is 1.66. The summed E-state index contributed by atoms with van der Waals surface area (Å²) < 4.78 is 5.33. The van der Waals surface area contributed by atoms with Crippen LogP contribution in [-0.4, -0.2) is 47.4 Å². The molecule has 4 atom stereocenters. The predicted molar refractivity (Wildman–Crippen MR) is 81.8 cm³/mol. The van der Waals surface area contributed by atoms with E-state index in [4.69, 9.17) is 16.3 Å². The number of halogens is 1. The van der Waals surface area contributed by atoms with E-state index in [9.17, 15) is 14.4 Å². The van der Waals surface area contributed by atoms with Gasteiger partial charge >= 0.3 is 12.0 Å². The zero-order valence-corrected chi connectivity index (χ0v) is 13.7. The summed E-state index contributed by atoms with van der Waals surface area (Å²) in [6, 6.07) is -0.416. The first-order chi connectivity index (χ1) is 10.9. The van der Waals surface area contributed by atoms with E-state index in [2.05, 4.69) is 5.32 Å². The molecule has 126 valence electrons. The highest BCUT2D eigenvalue weighted by atomic mass is 35.5. The standard InChI is InChI=1S/C16H21ClN2O4/c17-16-6-10-3-11(7-16)5-15(4-10,9-16)13(21)23-8-12(20)19-2-1-18-14(19)22/h10-11H,1-9H2,(H,18,22)/t10-,11+,15?,16?. The Balaban J connectivity index is 1.41. The average Bonchev–Trinajstić information content (AvgIpc) is 2.88. The number of hydrogen-bond acceptors (Lipinski definition) is 4. The molecule has 0 radical (unpaired) electrons. The third-order valence-corrected chi connectivity index (χ3v) is 6.35. The molecule has 1 saturated heterocycles. The minimum atomic E-state index is -0.515. The summed E-state index contributed by atoms with van der Waals surface area (Å²) in [7, 11) is 0. The molecule has 0 aromatic rings. The van der Waals surface area contributed by atoms with Gasteiger partial charge in [0.15, 0.2) is 6.61 Å². The topological polar surface area (TPSA) is 75.7 Å². The van der Waals surface area contributed by atoms with E-state index in [0.29, 0.717) is 31.3 Å². The minimum Gasteiger partial charge on any atom is -0.455 e. The number of hydrogen-bond donors (Lipinski definition) is 1. The van der Waals surface area contributed by atoms with Gasteiger partial charge in [0, 0.05) is 18.0 Å². The SMILES string of the molecule is O=C(COC(=O)C12C[C@@H]3C[C@@H](CC(Cl)(C3)C1)C2)N1CCNC1=O. The molecule has 5 rings (SSSR count). The largest absolute Gasteiger partial charge is 0.455 e. The Morgan fingerprint density at radius 1 is 1.26 bits per heavy atom. The van der Waals surface area contributed by atoms with Crippen molar-refractivity contribution in [3.05, 3.63) is 0 Å². The summed E-state index contributed by atoms with van der Waals surface area (Å²) >= 11 is 6.71. The summed E-state index contributed by atoms with van der Waals surface area (Å²) in [6.07, 6.45) is 5.46. The van der Waals surface area contributed by atoms with Gasteiger partial charge in [-0.1, -0.05) is 0 Å². The molecule has 0 aromatic carbocycles. The molecule has 4 saturated carbocycles. The Morgan fingerprint density at radius 2 is 1.96 bits per heavy atom. The first-order valence-corrected chi connectivity index (χ1v) is 8.71. The molecule has 4 bridgehead atoms. The fourth-order valence-corrected chi connectivity index (χ4v) is 6.15. The summed E-state index contributed by atoms with van der Waals surface area (Å²) in [5, 5.41) is 2.56. The molecule has 6 nitrogen and oxygen atoms in total. The van der Waals surface area contributed by atoms with Crippen molar-refractivity contribution < 1.29 is 19.1 Å². The number of carbonyl (C=O) groups excluding carboxylic acids is 3. The minimum absolute atomic E-state index is 0.262. The normalized spacial score (nSPS) is 41.1. The van der Waals surface area contributed by atoms with Gasteiger partial charge in [0.1, 0.15) is 0 Å². The molecule has 1 N–H and O–H groups in total. The van der Waals surface area contributed by atoms with Gasteiger partial charge in [0.25, 0.3) is 5.91 Å². The smallest absolute Gasteiger partial charge is 0.324 e. The third-order valence-electron chi connectivity index (χ3n) is 5.91. The van der Waals surface area contributed by atoms with Gasteiger partial charge in [-0.25, -0.2) is 4.79 Å². The highest BCUT2D eigenvalue weighted by molar-refractivity contribution is 6.24. The number of nitrogens with one attached hydrogen (secondary N) is 1. The van der Waals surface area contributed by atoms with Gasteiger partial charge in [-0.2, -0.15) is 0 Å². The third kappa shape index (κ3) is 2.51. The van der Waals surface area contributed by atoms with Crippen LogP contribution in [0.5, 0.6) is 0 Å². The number of urea groups is 1. The van der Waals surface area contributed by atoms with Crippen LogP contribution in [0, 0.1) is 17.3 Å². The van der Waals surface area contributed by atoms with Crippen molar-refractivity contribution in [1.82, 2.24) is 10.2 Å². The van der Waals surface area contributed by atoms with Gasteiger partial charge < -0.3 is 10.1 Å². The van der Waals surface area contributed by atoms with Crippen molar-refractivity contribution in [3.8, 4) is 0 Å². The van der Waals surface area contributed by atoms with Crippen molar-refractivity contribution in [2.24, 2.45) is 17.3 Å². The zero-order chi connectivity index (χ0) is 16.2. The van der Waals surface area contributed by atoms with Crippen molar-refractivity contribution in [1.29, 1.82) is 0 Å². The maximum atomic E-state index is 12.7. The van der Waals surface area contributed by atoms with E-state index in [-0.39, 0.29) is 17.5 Å². The Bertz CT molecular complexity index is 564. The molecule has 23 heavy (non-hydrogen) atoms. The molecule has 5 aliphatic rings. The lowest BCUT2D eigenvalue weighted by Crippen LogP contribution is -2.56. The van der Waals surface area contributed by atoms with Crippen LogP contribution in [-0.2, 0) is 14.3 Å². The Hall–Kier alpha value is -1.30. The fourth-order valence-electron chi connectivity index (χ4n) is 5.46. The fraction of sp³-hybridized carbons (Fsp3) is 0.812. The number of imide groups is 1. The maximum Gasteiger partial charge on any atom is 0.324 e. The lowest BCUT2D eigenvalue weighted by atomic mass is 9.49. The summed E-state index contributed by atoms with van der Waals surface area (Å²) in [6.45, 7) is 0.411. The summed E-state index contributed by atoms with van der Waals surface area (Å²) in [5.41, 5.74) is -0.515. The zero-order valence-electron chi connectivity index (χ0n) is 13.0. The second kappa shape index (κ2) is 5.10. The molecule has 7 heteroatoms. The molecular formula is C16H21ClN2O4. The van der Waals surface area contributed by atoms with Crippen molar-refractivity contribution in [3.63, 3.8) is 0 Å². The van der Waals surface area contributed by atoms with Gasteiger partial charge in [0.05, 0.1) is 5.41 Å². The number of esters is 1. The molecule has 1 heterocycles. The molecule has 0 aromatic heterocycles. The quantitative estimate of drug-likeness (QED) is 0.626. The van der Waals surface area contributed by atoms with Crippen molar-refractivity contribution >= 4 is 29.5 Å². The van der Waals surface area contributed by atoms with Gasteiger partial charge in [-0.3, -0.25) is 14.5 Å². The number of ether oxygens (including phenoxy) is 1.